The van der Waals surface area contributed by atoms with E-state index in [9.17, 15) is 4.79 Å². The summed E-state index contributed by atoms with van der Waals surface area (Å²) >= 11 is 0. The highest BCUT2D eigenvalue weighted by molar-refractivity contribution is 5.88. The Balaban J connectivity index is 1.68. The van der Waals surface area contributed by atoms with Crippen LogP contribution in [0.25, 0.3) is 28.4 Å². The Labute approximate surface area is 218 Å². The van der Waals surface area contributed by atoms with Crippen LogP contribution < -0.4 is 11.1 Å². The molecule has 0 aliphatic heterocycles. The number of hydrogen-bond acceptors (Lipinski definition) is 7. The predicted octanol–water partition coefficient (Wildman–Crippen LogP) is 5.67. The second-order valence-electron chi connectivity index (χ2n) is 12.4. The summed E-state index contributed by atoms with van der Waals surface area (Å²) in [5, 5.41) is 7.66. The molecular weight excluding hydrogens is 466 g/mol. The highest BCUT2D eigenvalue weighted by Gasteiger charge is 2.30. The summed E-state index contributed by atoms with van der Waals surface area (Å²) in [6, 6.07) is 0.258. The Hall–Kier alpha value is -2.97. The third-order valence-corrected chi connectivity index (χ3v) is 8.58. The molecule has 0 radical (unpaired) electrons. The summed E-state index contributed by atoms with van der Waals surface area (Å²) in [4.78, 5) is 26.8. The van der Waals surface area contributed by atoms with Crippen molar-refractivity contribution < 1.29 is 4.52 Å². The fourth-order valence-corrected chi connectivity index (χ4v) is 5.51. The van der Waals surface area contributed by atoms with Crippen LogP contribution in [0.3, 0.4) is 0 Å². The highest BCUT2D eigenvalue weighted by atomic mass is 16.5. The topological polar surface area (TPSA) is 104 Å². The van der Waals surface area contributed by atoms with Crippen LogP contribution in [0, 0.1) is 23.2 Å². The van der Waals surface area contributed by atoms with Crippen LogP contribution in [-0.2, 0) is 13.6 Å². The maximum atomic E-state index is 12.0. The van der Waals surface area contributed by atoms with Gasteiger partial charge in [0.25, 0.3) is 0 Å². The monoisotopic (exact) mass is 507 g/mol. The third kappa shape index (κ3) is 4.97. The first-order valence-corrected chi connectivity index (χ1v) is 13.8. The Bertz CT molecular complexity index is 1350. The zero-order valence-corrected chi connectivity index (χ0v) is 23.2. The number of fused-ring (bicyclic) bond motifs is 1. The van der Waals surface area contributed by atoms with Crippen LogP contribution in [0.5, 0.6) is 0 Å². The van der Waals surface area contributed by atoms with E-state index in [4.69, 9.17) is 19.5 Å². The Kier molecular flexibility index (Phi) is 6.75. The quantitative estimate of drug-likeness (QED) is 0.440. The molecule has 0 spiro atoms. The SMILES string of the molecule is C=C(c1nc2nc(-c3noc(=O)n3C)nc(N[C@H](C)C3CCC3)c2n1C[C@H]1CC[C@H](C)CC1)C(C)(C)C. The van der Waals surface area contributed by atoms with Gasteiger partial charge in [0.05, 0.1) is 0 Å². The van der Waals surface area contributed by atoms with Crippen LogP contribution in [-0.4, -0.2) is 35.3 Å². The Morgan fingerprint density at radius 2 is 1.84 bits per heavy atom. The number of nitrogens with zero attached hydrogens (tertiary/aromatic N) is 6. The fraction of sp³-hybridized carbons (Fsp3) is 0.679. The second kappa shape index (κ2) is 9.72. The molecule has 37 heavy (non-hydrogen) atoms. The lowest BCUT2D eigenvalue weighted by Crippen LogP contribution is -2.31. The highest BCUT2D eigenvalue weighted by Crippen LogP contribution is 2.38. The lowest BCUT2D eigenvalue weighted by molar-refractivity contribution is 0.265. The van der Waals surface area contributed by atoms with Crippen LogP contribution in [0.15, 0.2) is 15.9 Å². The molecular formula is C28H41N7O2. The van der Waals surface area contributed by atoms with Crippen molar-refractivity contribution in [3.05, 3.63) is 23.0 Å². The molecule has 0 amide bonds. The molecule has 200 valence electrons. The van der Waals surface area contributed by atoms with Crippen molar-refractivity contribution >= 4 is 22.6 Å². The van der Waals surface area contributed by atoms with E-state index in [1.165, 1.54) is 49.5 Å². The molecule has 3 aromatic rings. The van der Waals surface area contributed by atoms with Gasteiger partial charge in [-0.05, 0) is 61.3 Å². The van der Waals surface area contributed by atoms with Gasteiger partial charge >= 0.3 is 5.76 Å². The number of allylic oxidation sites excluding steroid dienone is 1. The molecule has 5 rings (SSSR count). The Morgan fingerprint density at radius 3 is 2.41 bits per heavy atom. The lowest BCUT2D eigenvalue weighted by atomic mass is 9.80. The second-order valence-corrected chi connectivity index (χ2v) is 12.4. The van der Waals surface area contributed by atoms with Crippen LogP contribution in [0.1, 0.15) is 85.4 Å². The van der Waals surface area contributed by atoms with Crippen molar-refractivity contribution in [2.45, 2.75) is 92.2 Å². The molecule has 3 heterocycles. The lowest BCUT2D eigenvalue weighted by Gasteiger charge is -2.32. The smallest absolute Gasteiger partial charge is 0.365 e. The van der Waals surface area contributed by atoms with Crippen LogP contribution in [0.4, 0.5) is 5.82 Å². The van der Waals surface area contributed by atoms with E-state index < -0.39 is 5.76 Å². The predicted molar refractivity (Wildman–Crippen MR) is 146 cm³/mol. The molecule has 0 bridgehead atoms. The summed E-state index contributed by atoms with van der Waals surface area (Å²) in [5.74, 6) is 3.65. The van der Waals surface area contributed by atoms with Gasteiger partial charge < -0.3 is 9.88 Å². The van der Waals surface area contributed by atoms with Crippen LogP contribution >= 0.6 is 0 Å². The summed E-state index contributed by atoms with van der Waals surface area (Å²) < 4.78 is 8.53. The minimum Gasteiger partial charge on any atom is -0.365 e. The molecule has 0 saturated heterocycles. The first-order chi connectivity index (χ1) is 17.5. The van der Waals surface area contributed by atoms with Crippen molar-refractivity contribution in [3.63, 3.8) is 0 Å². The fourth-order valence-electron chi connectivity index (χ4n) is 5.51. The molecule has 9 heteroatoms. The summed E-state index contributed by atoms with van der Waals surface area (Å²) in [7, 11) is 1.61. The minimum atomic E-state index is -0.546. The standard InChI is InChI=1S/C28H41N7O2/c1-16-11-13-19(14-12-16)15-35-21-22(29-18(3)20-9-8-10-20)30-24(26-33-37-27(36)34(26)7)31-23(21)32-25(35)17(2)28(4,5)6/h16,18-20H,2,8-15H2,1,3-7H3,(H,29,30,31)/t16-,18-,19-/m1/s1. The number of nitrogens with one attached hydrogen (secondary N) is 1. The van der Waals surface area contributed by atoms with Gasteiger partial charge in [-0.3, -0.25) is 9.09 Å². The third-order valence-electron chi connectivity index (χ3n) is 8.58. The first kappa shape index (κ1) is 25.7. The largest absolute Gasteiger partial charge is 0.441 e. The molecule has 1 atom stereocenters. The van der Waals surface area contributed by atoms with Crippen molar-refractivity contribution in [2.75, 3.05) is 5.32 Å². The molecule has 0 aromatic carbocycles. The molecule has 1 N–H and O–H groups in total. The maximum absolute atomic E-state index is 12.0. The van der Waals surface area contributed by atoms with Gasteiger partial charge in [-0.25, -0.2) is 19.7 Å². The zero-order chi connectivity index (χ0) is 26.5. The van der Waals surface area contributed by atoms with Gasteiger partial charge in [0, 0.05) is 19.6 Å². The molecule has 2 saturated carbocycles. The normalized spacial score (nSPS) is 21.7. The molecule has 2 fully saturated rings. The number of imidazole rings is 1. The van der Waals surface area contributed by atoms with Gasteiger partial charge in [0.15, 0.2) is 11.5 Å². The van der Waals surface area contributed by atoms with Crippen molar-refractivity contribution in [1.29, 1.82) is 0 Å². The van der Waals surface area contributed by atoms with E-state index in [1.54, 1.807) is 7.05 Å². The number of anilines is 1. The number of hydrogen-bond donors (Lipinski definition) is 1. The van der Waals surface area contributed by atoms with Crippen molar-refractivity contribution in [2.24, 2.45) is 30.2 Å². The molecule has 2 aliphatic rings. The van der Waals surface area contributed by atoms with E-state index in [0.29, 0.717) is 29.1 Å². The summed E-state index contributed by atoms with van der Waals surface area (Å²) in [6.45, 7) is 16.4. The first-order valence-electron chi connectivity index (χ1n) is 13.8. The average molecular weight is 508 g/mol. The molecule has 0 unspecified atom stereocenters. The average Bonchev–Trinajstić information content (AvgIpc) is 3.32. The van der Waals surface area contributed by atoms with Gasteiger partial charge in [0.1, 0.15) is 11.3 Å². The number of aromatic nitrogens is 6. The van der Waals surface area contributed by atoms with E-state index in [-0.39, 0.29) is 11.5 Å². The van der Waals surface area contributed by atoms with E-state index in [0.717, 1.165) is 35.2 Å². The zero-order valence-electron chi connectivity index (χ0n) is 23.2. The summed E-state index contributed by atoms with van der Waals surface area (Å²) in [6.07, 6.45) is 8.66. The van der Waals surface area contributed by atoms with Crippen LogP contribution in [0.2, 0.25) is 0 Å². The Morgan fingerprint density at radius 1 is 1.14 bits per heavy atom. The van der Waals surface area contributed by atoms with Crippen molar-refractivity contribution in [1.82, 2.24) is 29.2 Å². The van der Waals surface area contributed by atoms with E-state index in [1.807, 2.05) is 0 Å². The molecule has 9 nitrogen and oxygen atoms in total. The molecule has 2 aliphatic carbocycles. The van der Waals surface area contributed by atoms with Gasteiger partial charge in [-0.15, -0.1) is 0 Å². The summed E-state index contributed by atoms with van der Waals surface area (Å²) in [5.41, 5.74) is 2.32. The van der Waals surface area contributed by atoms with Crippen molar-refractivity contribution in [3.8, 4) is 11.6 Å². The van der Waals surface area contributed by atoms with Gasteiger partial charge in [0.2, 0.25) is 11.6 Å². The number of rotatable bonds is 7. The van der Waals surface area contributed by atoms with Gasteiger partial charge in [-0.1, -0.05) is 58.7 Å². The minimum absolute atomic E-state index is 0.153. The van der Waals surface area contributed by atoms with E-state index in [2.05, 4.69) is 56.2 Å². The molecule has 3 aromatic heterocycles. The maximum Gasteiger partial charge on any atom is 0.441 e. The van der Waals surface area contributed by atoms with E-state index >= 15 is 0 Å². The van der Waals surface area contributed by atoms with Gasteiger partial charge in [-0.2, -0.15) is 0 Å².